The number of ether oxygens (including phenoxy) is 1. The summed E-state index contributed by atoms with van der Waals surface area (Å²) in [6, 6.07) is 19.1. The number of fused-ring (bicyclic) bond motifs is 1. The van der Waals surface area contributed by atoms with E-state index in [4.69, 9.17) is 4.74 Å². The lowest BCUT2D eigenvalue weighted by Gasteiger charge is -2.35. The minimum absolute atomic E-state index is 0.0219. The van der Waals surface area contributed by atoms with Crippen LogP contribution in [0.2, 0.25) is 0 Å². The van der Waals surface area contributed by atoms with Gasteiger partial charge < -0.3 is 14.5 Å². The molecule has 156 valence electrons. The van der Waals surface area contributed by atoms with Crippen molar-refractivity contribution in [3.8, 4) is 11.4 Å². The van der Waals surface area contributed by atoms with Crippen LogP contribution in [0.15, 0.2) is 67.0 Å². The molecule has 0 radical (unpaired) electrons. The van der Waals surface area contributed by atoms with Crippen molar-refractivity contribution < 1.29 is 9.53 Å². The second-order valence-electron chi connectivity index (χ2n) is 7.18. The Kier molecular flexibility index (Phi) is 5.14. The van der Waals surface area contributed by atoms with E-state index in [-0.39, 0.29) is 12.5 Å². The van der Waals surface area contributed by atoms with Crippen molar-refractivity contribution in [2.24, 2.45) is 0 Å². The Balaban J connectivity index is 1.26. The van der Waals surface area contributed by atoms with Crippen LogP contribution in [0.1, 0.15) is 0 Å². The minimum atomic E-state index is -0.0219. The number of amides is 1. The first-order chi connectivity index (χ1) is 15.3. The van der Waals surface area contributed by atoms with E-state index in [0.717, 1.165) is 11.5 Å². The van der Waals surface area contributed by atoms with Crippen molar-refractivity contribution in [3.63, 3.8) is 0 Å². The third-order valence-electron chi connectivity index (χ3n) is 5.26. The van der Waals surface area contributed by atoms with E-state index in [0.29, 0.717) is 43.1 Å². The minimum Gasteiger partial charge on any atom is -0.484 e. The number of aromatic nitrogens is 5. The molecule has 4 aromatic rings. The van der Waals surface area contributed by atoms with E-state index in [2.05, 4.69) is 25.2 Å². The average molecular weight is 415 g/mol. The summed E-state index contributed by atoms with van der Waals surface area (Å²) in [4.78, 5) is 25.3. The smallest absolute Gasteiger partial charge is 0.260 e. The van der Waals surface area contributed by atoms with Gasteiger partial charge in [-0.25, -0.2) is 9.97 Å². The van der Waals surface area contributed by atoms with Crippen LogP contribution in [0.4, 0.5) is 5.82 Å². The average Bonchev–Trinajstić information content (AvgIpc) is 3.28. The third-order valence-corrected chi connectivity index (χ3v) is 5.26. The molecule has 0 spiro atoms. The molecule has 1 amide bonds. The Morgan fingerprint density at radius 2 is 1.61 bits per heavy atom. The molecule has 9 heteroatoms. The first-order valence-corrected chi connectivity index (χ1v) is 10.1. The lowest BCUT2D eigenvalue weighted by atomic mass is 10.3. The summed E-state index contributed by atoms with van der Waals surface area (Å²) in [5.74, 6) is 1.41. The Labute approximate surface area is 178 Å². The molecule has 2 aromatic carbocycles. The summed E-state index contributed by atoms with van der Waals surface area (Å²) in [5.41, 5.74) is 2.20. The molecule has 3 heterocycles. The monoisotopic (exact) mass is 415 g/mol. The number of nitrogens with zero attached hydrogens (tertiary/aromatic N) is 7. The summed E-state index contributed by atoms with van der Waals surface area (Å²) in [5, 5.41) is 8.61. The number of carbonyl (C=O) groups is 1. The summed E-state index contributed by atoms with van der Waals surface area (Å²) >= 11 is 0. The molecule has 1 aliphatic rings. The maximum Gasteiger partial charge on any atom is 0.260 e. The number of hydrogen-bond donors (Lipinski definition) is 0. The van der Waals surface area contributed by atoms with Crippen molar-refractivity contribution in [2.75, 3.05) is 37.7 Å². The maximum absolute atomic E-state index is 12.5. The molecule has 31 heavy (non-hydrogen) atoms. The fourth-order valence-electron chi connectivity index (χ4n) is 3.63. The standard InChI is InChI=1S/C22H21N7O2/c30-19(15-31-18-9-5-2-6-10-18)27-11-13-28(14-12-27)21-20-22(24-16-23-21)29(26-25-20)17-7-3-1-4-8-17/h1-10,16H,11-15H2. The van der Waals surface area contributed by atoms with Gasteiger partial charge in [0.05, 0.1) is 5.69 Å². The van der Waals surface area contributed by atoms with E-state index in [1.165, 1.54) is 6.33 Å². The molecule has 9 nitrogen and oxygen atoms in total. The number of rotatable bonds is 5. The highest BCUT2D eigenvalue weighted by atomic mass is 16.5. The zero-order valence-electron chi connectivity index (χ0n) is 16.8. The fraction of sp³-hybridized carbons (Fsp3) is 0.227. The SMILES string of the molecule is O=C(COc1ccccc1)N1CCN(c2ncnc3c2nnn3-c2ccccc2)CC1. The zero-order chi connectivity index (χ0) is 21.0. The van der Waals surface area contributed by atoms with Gasteiger partial charge in [-0.2, -0.15) is 4.68 Å². The number of anilines is 1. The van der Waals surface area contributed by atoms with E-state index in [1.807, 2.05) is 65.6 Å². The number of piperazine rings is 1. The summed E-state index contributed by atoms with van der Waals surface area (Å²) < 4.78 is 7.30. The highest BCUT2D eigenvalue weighted by Crippen LogP contribution is 2.23. The maximum atomic E-state index is 12.5. The van der Waals surface area contributed by atoms with Crippen LogP contribution in [-0.2, 0) is 4.79 Å². The van der Waals surface area contributed by atoms with Gasteiger partial charge >= 0.3 is 0 Å². The summed E-state index contributed by atoms with van der Waals surface area (Å²) in [7, 11) is 0. The number of hydrogen-bond acceptors (Lipinski definition) is 7. The zero-order valence-corrected chi connectivity index (χ0v) is 16.8. The van der Waals surface area contributed by atoms with E-state index in [1.54, 1.807) is 4.68 Å². The van der Waals surface area contributed by atoms with Gasteiger partial charge in [-0.1, -0.05) is 41.6 Å². The van der Waals surface area contributed by atoms with Gasteiger partial charge in [0.15, 0.2) is 23.6 Å². The highest BCUT2D eigenvalue weighted by molar-refractivity contribution is 5.84. The molecule has 0 bridgehead atoms. The van der Waals surface area contributed by atoms with Gasteiger partial charge in [0.1, 0.15) is 12.1 Å². The van der Waals surface area contributed by atoms with Crippen molar-refractivity contribution in [2.45, 2.75) is 0 Å². The first kappa shape index (κ1) is 19.0. The molecule has 2 aromatic heterocycles. The normalized spacial score (nSPS) is 14.1. The Morgan fingerprint density at radius 3 is 2.35 bits per heavy atom. The number of para-hydroxylation sites is 2. The lowest BCUT2D eigenvalue weighted by Crippen LogP contribution is -2.50. The first-order valence-electron chi connectivity index (χ1n) is 10.1. The molecule has 5 rings (SSSR count). The third kappa shape index (κ3) is 3.89. The molecule has 0 atom stereocenters. The molecule has 1 fully saturated rings. The van der Waals surface area contributed by atoms with Crippen LogP contribution < -0.4 is 9.64 Å². The van der Waals surface area contributed by atoms with Crippen molar-refractivity contribution in [1.82, 2.24) is 29.9 Å². The van der Waals surface area contributed by atoms with Gasteiger partial charge in [-0.15, -0.1) is 5.10 Å². The number of benzene rings is 2. The second kappa shape index (κ2) is 8.39. The largest absolute Gasteiger partial charge is 0.484 e. The topological polar surface area (TPSA) is 89.3 Å². The number of carbonyl (C=O) groups excluding carboxylic acids is 1. The van der Waals surface area contributed by atoms with Crippen LogP contribution in [0, 0.1) is 0 Å². The van der Waals surface area contributed by atoms with E-state index in [9.17, 15) is 4.79 Å². The molecular formula is C22H21N7O2. The highest BCUT2D eigenvalue weighted by Gasteiger charge is 2.25. The van der Waals surface area contributed by atoms with Gasteiger partial charge in [0.25, 0.3) is 5.91 Å². The molecule has 0 unspecified atom stereocenters. The second-order valence-corrected chi connectivity index (χ2v) is 7.18. The van der Waals surface area contributed by atoms with Crippen LogP contribution in [0.5, 0.6) is 5.75 Å². The Hall–Kier alpha value is -4.01. The molecule has 1 saturated heterocycles. The van der Waals surface area contributed by atoms with Gasteiger partial charge in [0.2, 0.25) is 0 Å². The van der Waals surface area contributed by atoms with Gasteiger partial charge in [-0.3, -0.25) is 4.79 Å². The van der Waals surface area contributed by atoms with E-state index < -0.39 is 0 Å². The van der Waals surface area contributed by atoms with Crippen molar-refractivity contribution in [1.29, 1.82) is 0 Å². The fourth-order valence-corrected chi connectivity index (χ4v) is 3.63. The van der Waals surface area contributed by atoms with Crippen LogP contribution >= 0.6 is 0 Å². The molecule has 0 N–H and O–H groups in total. The summed E-state index contributed by atoms with van der Waals surface area (Å²) in [6.45, 7) is 2.53. The Morgan fingerprint density at radius 1 is 0.903 bits per heavy atom. The quantitative estimate of drug-likeness (QED) is 0.492. The van der Waals surface area contributed by atoms with Crippen molar-refractivity contribution >= 4 is 22.9 Å². The van der Waals surface area contributed by atoms with Gasteiger partial charge in [-0.05, 0) is 24.3 Å². The lowest BCUT2D eigenvalue weighted by molar-refractivity contribution is -0.133. The van der Waals surface area contributed by atoms with Crippen molar-refractivity contribution in [3.05, 3.63) is 67.0 Å². The van der Waals surface area contributed by atoms with Gasteiger partial charge in [0, 0.05) is 26.2 Å². The summed E-state index contributed by atoms with van der Waals surface area (Å²) in [6.07, 6.45) is 1.53. The van der Waals surface area contributed by atoms with Crippen LogP contribution in [0.3, 0.4) is 0 Å². The van der Waals surface area contributed by atoms with Crippen LogP contribution in [0.25, 0.3) is 16.9 Å². The van der Waals surface area contributed by atoms with E-state index >= 15 is 0 Å². The molecule has 1 aliphatic heterocycles. The van der Waals surface area contributed by atoms with Crippen LogP contribution in [-0.4, -0.2) is 68.6 Å². The predicted octanol–water partition coefficient (Wildman–Crippen LogP) is 1.94. The Bertz CT molecular complexity index is 1170. The predicted molar refractivity (Wildman–Crippen MR) is 115 cm³/mol. The molecule has 0 aliphatic carbocycles. The molecule has 0 saturated carbocycles. The molecular weight excluding hydrogens is 394 g/mol.